The molecule has 13 heavy (non-hydrogen) atoms. The Morgan fingerprint density at radius 3 is 2.23 bits per heavy atom. The monoisotopic (exact) mass is 201 g/mol. The third-order valence-corrected chi connectivity index (χ3v) is 8.62. The van der Waals surface area contributed by atoms with Gasteiger partial charge in [0.1, 0.15) is 0 Å². The molecule has 1 rings (SSSR count). The largest absolute Gasteiger partial charge is 0.406 e. The quantitative estimate of drug-likeness (QED) is 0.709. The molecule has 3 heteroatoms. The van der Waals surface area contributed by atoms with Crippen molar-refractivity contribution in [1.29, 1.82) is 0 Å². The van der Waals surface area contributed by atoms with Crippen LogP contribution in [-0.2, 0) is 4.43 Å². The highest BCUT2D eigenvalue weighted by Gasteiger charge is 2.47. The van der Waals surface area contributed by atoms with Crippen LogP contribution in [-0.4, -0.2) is 22.1 Å². The van der Waals surface area contributed by atoms with Crippen molar-refractivity contribution in [3.8, 4) is 0 Å². The standard InChI is InChI=1S/C10H23NOSi/c1-5-11-13(12-4)9(2)7-6-8-10(13)3/h9-11H,5-8H2,1-4H3. The molecule has 0 bridgehead atoms. The van der Waals surface area contributed by atoms with Gasteiger partial charge in [0.15, 0.2) is 0 Å². The molecule has 0 aliphatic carbocycles. The lowest BCUT2D eigenvalue weighted by molar-refractivity contribution is 0.327. The maximum Gasteiger partial charge on any atom is 0.274 e. The molecule has 78 valence electrons. The van der Waals surface area contributed by atoms with Crippen molar-refractivity contribution < 1.29 is 4.43 Å². The average molecular weight is 201 g/mol. The minimum Gasteiger partial charge on any atom is -0.406 e. The van der Waals surface area contributed by atoms with E-state index in [9.17, 15) is 0 Å². The second-order valence-electron chi connectivity index (χ2n) is 4.26. The van der Waals surface area contributed by atoms with Crippen LogP contribution in [0.4, 0.5) is 0 Å². The van der Waals surface area contributed by atoms with E-state index < -0.39 is 8.48 Å². The molecule has 1 saturated heterocycles. The van der Waals surface area contributed by atoms with E-state index in [4.69, 9.17) is 4.43 Å². The van der Waals surface area contributed by atoms with Crippen LogP contribution < -0.4 is 4.98 Å². The molecule has 0 radical (unpaired) electrons. The molecule has 0 aromatic rings. The summed E-state index contributed by atoms with van der Waals surface area (Å²) in [6.45, 7) is 7.94. The zero-order valence-electron chi connectivity index (χ0n) is 9.39. The molecule has 1 aliphatic rings. The fourth-order valence-corrected chi connectivity index (χ4v) is 7.18. The first-order chi connectivity index (χ1) is 6.17. The Bertz CT molecular complexity index is 153. The van der Waals surface area contributed by atoms with Crippen molar-refractivity contribution in [3.05, 3.63) is 0 Å². The van der Waals surface area contributed by atoms with E-state index in [1.165, 1.54) is 19.3 Å². The van der Waals surface area contributed by atoms with Gasteiger partial charge in [-0.3, -0.25) is 0 Å². The van der Waals surface area contributed by atoms with E-state index in [0.29, 0.717) is 0 Å². The molecule has 1 aliphatic heterocycles. The zero-order chi connectivity index (χ0) is 9.90. The molecule has 0 spiro atoms. The van der Waals surface area contributed by atoms with Gasteiger partial charge < -0.3 is 9.41 Å². The summed E-state index contributed by atoms with van der Waals surface area (Å²) in [4.78, 5) is 3.66. The summed E-state index contributed by atoms with van der Waals surface area (Å²) < 4.78 is 5.87. The summed E-state index contributed by atoms with van der Waals surface area (Å²) in [5, 5.41) is 0. The van der Waals surface area contributed by atoms with Gasteiger partial charge in [0, 0.05) is 7.11 Å². The van der Waals surface area contributed by atoms with Gasteiger partial charge in [-0.05, 0) is 30.5 Å². The highest BCUT2D eigenvalue weighted by molar-refractivity contribution is 6.74. The minimum absolute atomic E-state index is 0.765. The van der Waals surface area contributed by atoms with E-state index in [1.54, 1.807) is 0 Å². The van der Waals surface area contributed by atoms with Crippen molar-refractivity contribution in [3.63, 3.8) is 0 Å². The van der Waals surface area contributed by atoms with Gasteiger partial charge >= 0.3 is 0 Å². The molecule has 0 saturated carbocycles. The maximum absolute atomic E-state index is 5.87. The Balaban J connectivity index is 2.76. The molecule has 0 aromatic heterocycles. The van der Waals surface area contributed by atoms with Gasteiger partial charge in [-0.25, -0.2) is 0 Å². The minimum atomic E-state index is -1.61. The lowest BCUT2D eigenvalue weighted by Crippen LogP contribution is -2.60. The van der Waals surface area contributed by atoms with E-state index in [1.807, 2.05) is 7.11 Å². The Morgan fingerprint density at radius 1 is 1.31 bits per heavy atom. The third kappa shape index (κ3) is 1.97. The SMILES string of the molecule is CCN[Si]1(OC)C(C)CCCC1C. The predicted molar refractivity (Wildman–Crippen MR) is 59.1 cm³/mol. The van der Waals surface area contributed by atoms with Crippen LogP contribution in [0.15, 0.2) is 0 Å². The van der Waals surface area contributed by atoms with Crippen LogP contribution in [0.5, 0.6) is 0 Å². The number of nitrogens with one attached hydrogen (secondary N) is 1. The van der Waals surface area contributed by atoms with Crippen molar-refractivity contribution >= 4 is 8.48 Å². The van der Waals surface area contributed by atoms with Gasteiger partial charge in [0.25, 0.3) is 8.48 Å². The highest BCUT2D eigenvalue weighted by Crippen LogP contribution is 2.42. The fourth-order valence-electron chi connectivity index (χ4n) is 2.74. The molecule has 0 aromatic carbocycles. The second kappa shape index (κ2) is 4.58. The maximum atomic E-state index is 5.87. The molecular formula is C10H23NOSi. The average Bonchev–Trinajstić information content (AvgIpc) is 2.12. The number of rotatable bonds is 3. The van der Waals surface area contributed by atoms with E-state index >= 15 is 0 Å². The van der Waals surface area contributed by atoms with E-state index in [0.717, 1.165) is 17.6 Å². The van der Waals surface area contributed by atoms with Crippen molar-refractivity contribution in [2.24, 2.45) is 0 Å². The van der Waals surface area contributed by atoms with E-state index in [2.05, 4.69) is 25.8 Å². The van der Waals surface area contributed by atoms with Crippen molar-refractivity contribution in [2.75, 3.05) is 13.7 Å². The van der Waals surface area contributed by atoms with Crippen LogP contribution in [0.1, 0.15) is 40.0 Å². The lowest BCUT2D eigenvalue weighted by Gasteiger charge is -2.43. The smallest absolute Gasteiger partial charge is 0.274 e. The Kier molecular flexibility index (Phi) is 3.95. The summed E-state index contributed by atoms with van der Waals surface area (Å²) in [5.74, 6) is 0. The molecule has 2 atom stereocenters. The van der Waals surface area contributed by atoms with E-state index in [-0.39, 0.29) is 0 Å². The zero-order valence-corrected chi connectivity index (χ0v) is 10.4. The lowest BCUT2D eigenvalue weighted by atomic mass is 10.1. The topological polar surface area (TPSA) is 21.3 Å². The first kappa shape index (κ1) is 11.2. The Hall–Kier alpha value is 0.137. The van der Waals surface area contributed by atoms with Crippen molar-refractivity contribution in [1.82, 2.24) is 4.98 Å². The molecule has 1 fully saturated rings. The second-order valence-corrected chi connectivity index (χ2v) is 8.58. The van der Waals surface area contributed by atoms with Crippen LogP contribution in [0.3, 0.4) is 0 Å². The summed E-state index contributed by atoms with van der Waals surface area (Å²) >= 11 is 0. The summed E-state index contributed by atoms with van der Waals surface area (Å²) in [6, 6.07) is 0. The van der Waals surface area contributed by atoms with Gasteiger partial charge in [-0.2, -0.15) is 0 Å². The molecule has 1 N–H and O–H groups in total. The van der Waals surface area contributed by atoms with Gasteiger partial charge in [-0.15, -0.1) is 0 Å². The van der Waals surface area contributed by atoms with Gasteiger partial charge in [0.2, 0.25) is 0 Å². The first-order valence-electron chi connectivity index (χ1n) is 5.47. The summed E-state index contributed by atoms with van der Waals surface area (Å²) in [7, 11) is 0.283. The third-order valence-electron chi connectivity index (χ3n) is 3.53. The molecule has 0 amide bonds. The Labute approximate surface area is 83.3 Å². The molecule has 2 nitrogen and oxygen atoms in total. The number of hydrogen-bond donors (Lipinski definition) is 1. The highest BCUT2D eigenvalue weighted by atomic mass is 28.4. The molecule has 1 heterocycles. The summed E-state index contributed by atoms with van der Waals surface area (Å²) in [6.07, 6.45) is 4.07. The van der Waals surface area contributed by atoms with Crippen LogP contribution in [0.25, 0.3) is 0 Å². The van der Waals surface area contributed by atoms with Crippen LogP contribution in [0, 0.1) is 0 Å². The first-order valence-corrected chi connectivity index (χ1v) is 7.53. The van der Waals surface area contributed by atoms with Crippen LogP contribution >= 0.6 is 0 Å². The van der Waals surface area contributed by atoms with Gasteiger partial charge in [-0.1, -0.05) is 27.2 Å². The summed E-state index contributed by atoms with van der Waals surface area (Å²) in [5.41, 5.74) is 1.53. The fraction of sp³-hybridized carbons (Fsp3) is 1.00. The Morgan fingerprint density at radius 2 is 1.85 bits per heavy atom. The molecule has 2 unspecified atom stereocenters. The predicted octanol–water partition coefficient (Wildman–Crippen LogP) is 2.65. The van der Waals surface area contributed by atoms with Gasteiger partial charge in [0.05, 0.1) is 0 Å². The molecular weight excluding hydrogens is 178 g/mol. The van der Waals surface area contributed by atoms with Crippen LogP contribution in [0.2, 0.25) is 11.1 Å². The van der Waals surface area contributed by atoms with Crippen molar-refractivity contribution in [2.45, 2.75) is 51.1 Å². The number of hydrogen-bond acceptors (Lipinski definition) is 2. The normalized spacial score (nSPS) is 40.6.